The second kappa shape index (κ2) is 21.1. The standard InChI is InChI=1S/C57H65ClN4O4/c1-8-60-50-25-18-16-23-47(50)56(3,4)52(60)27-13-9-14-28-53-57(5,6)48-24-17-19-26-51(48)61(53)37-21-11-15-29-54(64)59-36-20-10-12-22-43(63)38-45-40(2)62(49-35-34-44(66-7)39-46(45)49)55(65)41-30-32-42(58)33-31-41/h9,13-14,16-19,23-28,30-35,39H,8,10-12,15,20-22,29,36-38H2,1-7H3/p+1. The van der Waals surface area contributed by atoms with Gasteiger partial charge in [-0.25, -0.2) is 0 Å². The number of allylic oxidation sites excluding steroid dienone is 6. The molecule has 0 saturated carbocycles. The topological polar surface area (TPSA) is 83.7 Å². The summed E-state index contributed by atoms with van der Waals surface area (Å²) in [4.78, 5) is 42.2. The van der Waals surface area contributed by atoms with E-state index in [4.69, 9.17) is 16.3 Å². The molecule has 1 aromatic heterocycles. The summed E-state index contributed by atoms with van der Waals surface area (Å²) in [5, 5.41) is 4.49. The van der Waals surface area contributed by atoms with Crippen LogP contribution >= 0.6 is 11.6 Å². The number of methoxy groups -OCH3 is 1. The fraction of sp³-hybridized carbons (Fsp3) is 0.368. The van der Waals surface area contributed by atoms with Gasteiger partial charge >= 0.3 is 0 Å². The lowest BCUT2D eigenvalue weighted by Gasteiger charge is -2.25. The van der Waals surface area contributed by atoms with E-state index in [1.165, 1.54) is 33.9 Å². The summed E-state index contributed by atoms with van der Waals surface area (Å²) in [5.74, 6) is 0.692. The molecule has 0 saturated heterocycles. The quantitative estimate of drug-likeness (QED) is 0.0478. The molecule has 0 radical (unpaired) electrons. The number of halogens is 1. The molecule has 0 atom stereocenters. The first-order valence-corrected chi connectivity index (χ1v) is 24.1. The van der Waals surface area contributed by atoms with Crippen LogP contribution in [0.4, 0.5) is 11.4 Å². The molecule has 0 aliphatic carbocycles. The van der Waals surface area contributed by atoms with Crippen molar-refractivity contribution in [3.63, 3.8) is 0 Å². The van der Waals surface area contributed by atoms with Crippen LogP contribution in [-0.2, 0) is 26.8 Å². The second-order valence-corrected chi connectivity index (χ2v) is 19.1. The summed E-state index contributed by atoms with van der Waals surface area (Å²) >= 11 is 6.08. The molecular formula is C57H66ClN4O4+. The smallest absolute Gasteiger partial charge is 0.262 e. The highest BCUT2D eigenvalue weighted by molar-refractivity contribution is 6.30. The molecule has 5 aromatic rings. The Balaban J connectivity index is 0.855. The van der Waals surface area contributed by atoms with E-state index in [2.05, 4.69) is 128 Å². The zero-order valence-corrected chi connectivity index (χ0v) is 40.6. The van der Waals surface area contributed by atoms with E-state index in [1.807, 2.05) is 25.1 Å². The van der Waals surface area contributed by atoms with Gasteiger partial charge in [0.05, 0.1) is 18.0 Å². The molecule has 3 heterocycles. The first kappa shape index (κ1) is 48.0. The zero-order chi connectivity index (χ0) is 47.0. The van der Waals surface area contributed by atoms with Crippen molar-refractivity contribution in [2.75, 3.05) is 31.6 Å². The van der Waals surface area contributed by atoms with E-state index >= 15 is 0 Å². The normalized spacial score (nSPS) is 15.6. The van der Waals surface area contributed by atoms with Crippen molar-refractivity contribution in [1.29, 1.82) is 0 Å². The molecule has 0 bridgehead atoms. The van der Waals surface area contributed by atoms with Crippen LogP contribution < -0.4 is 15.0 Å². The minimum Gasteiger partial charge on any atom is -0.497 e. The lowest BCUT2D eigenvalue weighted by atomic mass is 9.81. The SMILES string of the molecule is CCN1/C(=C/C=C/C=C/C2=[N+](CCCCCC(=O)NCCCCCC(=O)Cc3c(C)n(C(=O)c4ccc(Cl)cc4)c4ccc(OC)cc34)c3ccccc3C2(C)C)C(C)(C)c2ccccc21. The number of aromatic nitrogens is 1. The van der Waals surface area contributed by atoms with E-state index in [0.717, 1.165) is 73.8 Å². The van der Waals surface area contributed by atoms with Gasteiger partial charge in [0, 0.05) is 94.9 Å². The zero-order valence-electron chi connectivity index (χ0n) is 39.9. The molecule has 9 heteroatoms. The summed E-state index contributed by atoms with van der Waals surface area (Å²) < 4.78 is 9.64. The third kappa shape index (κ3) is 10.2. The van der Waals surface area contributed by atoms with Gasteiger partial charge in [-0.15, -0.1) is 0 Å². The van der Waals surface area contributed by atoms with Gasteiger partial charge in [-0.3, -0.25) is 19.0 Å². The van der Waals surface area contributed by atoms with Crippen LogP contribution in [0.1, 0.15) is 119 Å². The lowest BCUT2D eigenvalue weighted by molar-refractivity contribution is -0.438. The van der Waals surface area contributed by atoms with E-state index in [0.29, 0.717) is 35.7 Å². The minimum atomic E-state index is -0.175. The van der Waals surface area contributed by atoms with Gasteiger partial charge in [0.2, 0.25) is 11.6 Å². The number of carbonyl (C=O) groups is 3. The molecule has 0 unspecified atom stereocenters. The van der Waals surface area contributed by atoms with Crippen molar-refractivity contribution in [2.45, 2.75) is 110 Å². The summed E-state index contributed by atoms with van der Waals surface area (Å²) in [6.45, 7) is 15.8. The summed E-state index contributed by atoms with van der Waals surface area (Å²) in [5.41, 5.74) is 10.5. The Labute approximate surface area is 396 Å². The predicted octanol–water partition coefficient (Wildman–Crippen LogP) is 12.5. The highest BCUT2D eigenvalue weighted by Crippen LogP contribution is 2.47. The Morgan fingerprint density at radius 3 is 2.26 bits per heavy atom. The number of ether oxygens (including phenoxy) is 1. The maximum Gasteiger partial charge on any atom is 0.262 e. The molecule has 1 amide bonds. The molecule has 1 N–H and O–H groups in total. The number of para-hydroxylation sites is 2. The Bertz CT molecular complexity index is 2720. The van der Waals surface area contributed by atoms with Crippen molar-refractivity contribution in [3.8, 4) is 5.75 Å². The maximum atomic E-state index is 13.7. The van der Waals surface area contributed by atoms with Crippen LogP contribution in [0.15, 0.2) is 127 Å². The number of ketones is 1. The van der Waals surface area contributed by atoms with Gasteiger partial charge in [0.25, 0.3) is 5.91 Å². The molecule has 8 nitrogen and oxygen atoms in total. The van der Waals surface area contributed by atoms with Crippen LogP contribution in [0.3, 0.4) is 0 Å². The Morgan fingerprint density at radius 1 is 0.788 bits per heavy atom. The summed E-state index contributed by atoms with van der Waals surface area (Å²) in [7, 11) is 1.61. The average molecular weight is 907 g/mol. The third-order valence-corrected chi connectivity index (χ3v) is 13.8. The number of Topliss-reactive ketones (excluding diaryl/α,β-unsaturated/α-hetero) is 1. The highest BCUT2D eigenvalue weighted by Gasteiger charge is 2.44. The fourth-order valence-corrected chi connectivity index (χ4v) is 10.1. The molecule has 7 rings (SSSR count). The highest BCUT2D eigenvalue weighted by atomic mass is 35.5. The van der Waals surface area contributed by atoms with E-state index in [-0.39, 0.29) is 34.8 Å². The van der Waals surface area contributed by atoms with Crippen LogP contribution in [0.2, 0.25) is 5.02 Å². The van der Waals surface area contributed by atoms with E-state index in [1.54, 1.807) is 35.9 Å². The molecule has 2 aliphatic rings. The molecule has 0 fully saturated rings. The first-order valence-electron chi connectivity index (χ1n) is 23.7. The van der Waals surface area contributed by atoms with Gasteiger partial charge in [-0.05, 0) is 119 Å². The average Bonchev–Trinajstić information content (AvgIpc) is 3.80. The second-order valence-electron chi connectivity index (χ2n) is 18.6. The van der Waals surface area contributed by atoms with E-state index < -0.39 is 0 Å². The van der Waals surface area contributed by atoms with Crippen LogP contribution in [0.25, 0.3) is 10.9 Å². The Morgan fingerprint density at radius 2 is 1.50 bits per heavy atom. The number of nitrogens with one attached hydrogen (secondary N) is 1. The maximum absolute atomic E-state index is 13.7. The first-order chi connectivity index (χ1) is 31.8. The number of anilines is 1. The van der Waals surface area contributed by atoms with Crippen LogP contribution in [0.5, 0.6) is 5.75 Å². The third-order valence-electron chi connectivity index (χ3n) is 13.6. The Kier molecular flexibility index (Phi) is 15.3. The molecular weight excluding hydrogens is 840 g/mol. The van der Waals surface area contributed by atoms with Gasteiger partial charge in [0.15, 0.2) is 5.71 Å². The van der Waals surface area contributed by atoms with Gasteiger partial charge in [-0.2, -0.15) is 4.58 Å². The fourth-order valence-electron chi connectivity index (χ4n) is 9.97. The number of hydrogen-bond acceptors (Lipinski definition) is 5. The minimum absolute atomic E-state index is 0.0553. The molecule has 4 aromatic carbocycles. The number of likely N-dealkylation sites (N-methyl/N-ethyl adjacent to an activating group) is 1. The Hall–Kier alpha value is -5.99. The number of fused-ring (bicyclic) bond motifs is 3. The number of rotatable bonds is 20. The van der Waals surface area contributed by atoms with Gasteiger partial charge < -0.3 is 15.0 Å². The van der Waals surface area contributed by atoms with Crippen molar-refractivity contribution in [3.05, 3.63) is 160 Å². The number of amides is 1. The van der Waals surface area contributed by atoms with Crippen molar-refractivity contribution < 1.29 is 23.7 Å². The number of carbonyl (C=O) groups excluding carboxylic acids is 3. The van der Waals surface area contributed by atoms with Crippen molar-refractivity contribution in [1.82, 2.24) is 9.88 Å². The van der Waals surface area contributed by atoms with Crippen LogP contribution in [0, 0.1) is 6.92 Å². The largest absolute Gasteiger partial charge is 0.497 e. The predicted molar refractivity (Wildman–Crippen MR) is 271 cm³/mol. The van der Waals surface area contributed by atoms with E-state index in [9.17, 15) is 14.4 Å². The number of benzene rings is 4. The van der Waals surface area contributed by atoms with Crippen molar-refractivity contribution >= 4 is 57.2 Å². The molecule has 2 aliphatic heterocycles. The molecule has 0 spiro atoms. The summed E-state index contributed by atoms with van der Waals surface area (Å²) in [6, 6.07) is 29.9. The molecule has 344 valence electrons. The van der Waals surface area contributed by atoms with Crippen LogP contribution in [-0.4, -0.2) is 59.2 Å². The monoisotopic (exact) mass is 905 g/mol. The molecule has 66 heavy (non-hydrogen) atoms. The van der Waals surface area contributed by atoms with Crippen molar-refractivity contribution in [2.24, 2.45) is 0 Å². The lowest BCUT2D eigenvalue weighted by Crippen LogP contribution is -2.28. The number of hydrogen-bond donors (Lipinski definition) is 1. The van der Waals surface area contributed by atoms with Gasteiger partial charge in [-0.1, -0.05) is 86.5 Å². The summed E-state index contributed by atoms with van der Waals surface area (Å²) in [6.07, 6.45) is 17.4. The number of unbranched alkanes of at least 4 members (excludes halogenated alkanes) is 4. The van der Waals surface area contributed by atoms with Gasteiger partial charge in [0.1, 0.15) is 18.1 Å². The number of nitrogens with zero attached hydrogens (tertiary/aromatic N) is 3.